The van der Waals surface area contributed by atoms with Crippen LogP contribution in [0.15, 0.2) is 0 Å². The lowest BCUT2D eigenvalue weighted by atomic mass is 10.0. The first kappa shape index (κ1) is 8.04. The second-order valence-electron chi connectivity index (χ2n) is 2.59. The third-order valence-corrected chi connectivity index (χ3v) is 1.89. The van der Waals surface area contributed by atoms with E-state index in [9.17, 15) is 0 Å². The Morgan fingerprint density at radius 2 is 2.09 bits per heavy atom. The molecule has 1 aromatic rings. The zero-order valence-corrected chi connectivity index (χ0v) is 6.96. The van der Waals surface area contributed by atoms with Crippen LogP contribution in [0.1, 0.15) is 38.4 Å². The molecule has 0 amide bonds. The van der Waals surface area contributed by atoms with Gasteiger partial charge < -0.3 is 5.73 Å². The lowest BCUT2D eigenvalue weighted by molar-refractivity contribution is 0.605. The van der Waals surface area contributed by atoms with E-state index in [0.29, 0.717) is 11.9 Å². The van der Waals surface area contributed by atoms with Gasteiger partial charge in [-0.3, -0.25) is 5.10 Å². The van der Waals surface area contributed by atoms with Crippen molar-refractivity contribution >= 4 is 5.95 Å². The van der Waals surface area contributed by atoms with Crippen LogP contribution >= 0.6 is 0 Å². The fourth-order valence-corrected chi connectivity index (χ4v) is 1.15. The molecule has 0 radical (unpaired) electrons. The molecular formula is C7H14N4. The van der Waals surface area contributed by atoms with Crippen LogP contribution in [-0.4, -0.2) is 15.2 Å². The highest BCUT2D eigenvalue weighted by molar-refractivity contribution is 5.14. The molecule has 0 aliphatic heterocycles. The predicted molar refractivity (Wildman–Crippen MR) is 44.1 cm³/mol. The van der Waals surface area contributed by atoms with Gasteiger partial charge in [0.2, 0.25) is 5.95 Å². The fourth-order valence-electron chi connectivity index (χ4n) is 1.15. The van der Waals surface area contributed by atoms with Gasteiger partial charge in [0.05, 0.1) is 0 Å². The molecular weight excluding hydrogens is 140 g/mol. The number of hydrogen-bond donors (Lipinski definition) is 2. The van der Waals surface area contributed by atoms with E-state index in [0.717, 1.165) is 18.7 Å². The maximum atomic E-state index is 5.37. The van der Waals surface area contributed by atoms with E-state index < -0.39 is 0 Å². The van der Waals surface area contributed by atoms with E-state index in [-0.39, 0.29) is 0 Å². The molecule has 0 fully saturated rings. The molecule has 11 heavy (non-hydrogen) atoms. The topological polar surface area (TPSA) is 67.6 Å². The summed E-state index contributed by atoms with van der Waals surface area (Å²) in [6.45, 7) is 4.26. The van der Waals surface area contributed by atoms with Crippen LogP contribution in [0.5, 0.6) is 0 Å². The Labute approximate surface area is 66.2 Å². The average Bonchev–Trinajstić information content (AvgIpc) is 2.39. The molecule has 0 saturated heterocycles. The van der Waals surface area contributed by atoms with Gasteiger partial charge in [0.15, 0.2) is 0 Å². The van der Waals surface area contributed by atoms with E-state index in [1.807, 2.05) is 0 Å². The van der Waals surface area contributed by atoms with Crippen molar-refractivity contribution in [3.05, 3.63) is 5.82 Å². The van der Waals surface area contributed by atoms with Crippen LogP contribution in [-0.2, 0) is 0 Å². The van der Waals surface area contributed by atoms with E-state index >= 15 is 0 Å². The zero-order chi connectivity index (χ0) is 8.27. The molecule has 62 valence electrons. The van der Waals surface area contributed by atoms with Gasteiger partial charge >= 0.3 is 0 Å². The predicted octanol–water partition coefficient (Wildman–Crippen LogP) is 1.29. The second-order valence-corrected chi connectivity index (χ2v) is 2.59. The maximum absolute atomic E-state index is 5.37. The summed E-state index contributed by atoms with van der Waals surface area (Å²) in [6, 6.07) is 0. The molecule has 1 rings (SSSR count). The molecule has 1 aromatic heterocycles. The summed E-state index contributed by atoms with van der Waals surface area (Å²) >= 11 is 0. The second kappa shape index (κ2) is 3.37. The summed E-state index contributed by atoms with van der Waals surface area (Å²) in [6.07, 6.45) is 2.15. The molecule has 0 aromatic carbocycles. The highest BCUT2D eigenvalue weighted by Crippen LogP contribution is 2.18. The summed E-state index contributed by atoms with van der Waals surface area (Å²) in [5.41, 5.74) is 5.37. The van der Waals surface area contributed by atoms with E-state index in [4.69, 9.17) is 5.73 Å². The average molecular weight is 154 g/mol. The van der Waals surface area contributed by atoms with Gasteiger partial charge in [-0.15, -0.1) is 5.10 Å². The number of nitrogens with zero attached hydrogens (tertiary/aromatic N) is 2. The van der Waals surface area contributed by atoms with Crippen LogP contribution in [0.4, 0.5) is 5.95 Å². The van der Waals surface area contributed by atoms with Crippen LogP contribution in [0.2, 0.25) is 0 Å². The first-order chi connectivity index (χ1) is 5.27. The Balaban J connectivity index is 2.73. The first-order valence-electron chi connectivity index (χ1n) is 3.95. The fraction of sp³-hybridized carbons (Fsp3) is 0.714. The maximum Gasteiger partial charge on any atom is 0.239 e. The molecule has 0 spiro atoms. The van der Waals surface area contributed by atoms with Crippen molar-refractivity contribution in [1.29, 1.82) is 0 Å². The van der Waals surface area contributed by atoms with Gasteiger partial charge in [-0.25, -0.2) is 0 Å². The number of aromatic nitrogens is 3. The SMILES string of the molecule is CCC(CC)c1nc(N)n[nH]1. The number of aromatic amines is 1. The van der Waals surface area contributed by atoms with Crippen LogP contribution in [0.3, 0.4) is 0 Å². The van der Waals surface area contributed by atoms with Crippen molar-refractivity contribution in [2.45, 2.75) is 32.6 Å². The molecule has 4 nitrogen and oxygen atoms in total. The Bertz CT molecular complexity index is 214. The molecule has 0 atom stereocenters. The third-order valence-electron chi connectivity index (χ3n) is 1.89. The smallest absolute Gasteiger partial charge is 0.239 e. The van der Waals surface area contributed by atoms with Crippen molar-refractivity contribution in [3.63, 3.8) is 0 Å². The Hall–Kier alpha value is -1.06. The van der Waals surface area contributed by atoms with E-state index in [2.05, 4.69) is 29.0 Å². The number of rotatable bonds is 3. The largest absolute Gasteiger partial charge is 0.367 e. The first-order valence-corrected chi connectivity index (χ1v) is 3.95. The Morgan fingerprint density at radius 1 is 1.45 bits per heavy atom. The highest BCUT2D eigenvalue weighted by atomic mass is 15.3. The Morgan fingerprint density at radius 3 is 2.45 bits per heavy atom. The van der Waals surface area contributed by atoms with E-state index in [1.165, 1.54) is 0 Å². The lowest BCUT2D eigenvalue weighted by Gasteiger charge is -2.06. The van der Waals surface area contributed by atoms with Crippen molar-refractivity contribution in [2.75, 3.05) is 5.73 Å². The normalized spacial score (nSPS) is 10.8. The Kier molecular flexibility index (Phi) is 2.46. The molecule has 1 heterocycles. The molecule has 3 N–H and O–H groups in total. The monoisotopic (exact) mass is 154 g/mol. The number of hydrogen-bond acceptors (Lipinski definition) is 3. The molecule has 0 bridgehead atoms. The van der Waals surface area contributed by atoms with Gasteiger partial charge in [-0.1, -0.05) is 13.8 Å². The zero-order valence-electron chi connectivity index (χ0n) is 6.96. The quantitative estimate of drug-likeness (QED) is 0.689. The minimum absolute atomic E-state index is 0.340. The third kappa shape index (κ3) is 1.69. The summed E-state index contributed by atoms with van der Waals surface area (Å²) < 4.78 is 0. The summed E-state index contributed by atoms with van der Waals surface area (Å²) in [4.78, 5) is 4.06. The molecule has 0 unspecified atom stereocenters. The molecule has 0 aliphatic rings. The van der Waals surface area contributed by atoms with Crippen LogP contribution in [0.25, 0.3) is 0 Å². The van der Waals surface area contributed by atoms with Crippen molar-refractivity contribution in [3.8, 4) is 0 Å². The summed E-state index contributed by atoms with van der Waals surface area (Å²) in [7, 11) is 0. The number of nitrogen functional groups attached to an aromatic ring is 1. The molecule has 4 heteroatoms. The molecule has 0 aliphatic carbocycles. The minimum Gasteiger partial charge on any atom is -0.367 e. The van der Waals surface area contributed by atoms with Gasteiger partial charge in [-0.05, 0) is 12.8 Å². The van der Waals surface area contributed by atoms with Crippen LogP contribution < -0.4 is 5.73 Å². The summed E-state index contributed by atoms with van der Waals surface area (Å²) in [5.74, 6) is 1.72. The highest BCUT2D eigenvalue weighted by Gasteiger charge is 2.10. The molecule has 0 saturated carbocycles. The number of H-pyrrole nitrogens is 1. The van der Waals surface area contributed by atoms with E-state index in [1.54, 1.807) is 0 Å². The minimum atomic E-state index is 0.340. The number of nitrogens with two attached hydrogens (primary N) is 1. The van der Waals surface area contributed by atoms with Crippen LogP contribution in [0, 0.1) is 0 Å². The summed E-state index contributed by atoms with van der Waals surface area (Å²) in [5, 5.41) is 6.60. The number of anilines is 1. The lowest BCUT2D eigenvalue weighted by Crippen LogP contribution is -1.98. The van der Waals surface area contributed by atoms with Gasteiger partial charge in [-0.2, -0.15) is 4.98 Å². The van der Waals surface area contributed by atoms with Crippen molar-refractivity contribution < 1.29 is 0 Å². The van der Waals surface area contributed by atoms with Crippen molar-refractivity contribution in [1.82, 2.24) is 15.2 Å². The van der Waals surface area contributed by atoms with Crippen molar-refractivity contribution in [2.24, 2.45) is 0 Å². The standard InChI is InChI=1S/C7H14N4/c1-3-5(4-2)6-9-7(8)11-10-6/h5H,3-4H2,1-2H3,(H3,8,9,10,11). The van der Waals surface area contributed by atoms with Gasteiger partial charge in [0, 0.05) is 5.92 Å². The van der Waals surface area contributed by atoms with Gasteiger partial charge in [0.25, 0.3) is 0 Å². The number of nitrogens with one attached hydrogen (secondary N) is 1. The van der Waals surface area contributed by atoms with Gasteiger partial charge in [0.1, 0.15) is 5.82 Å².